The SMILES string of the molecule is CN(CCC1CCC(C(=O)N(C)CCC(N)=O)CC1)C(=O)O. The molecule has 7 heteroatoms. The van der Waals surface area contributed by atoms with Crippen molar-refractivity contribution in [2.45, 2.75) is 38.5 Å². The van der Waals surface area contributed by atoms with Gasteiger partial charge < -0.3 is 20.6 Å². The Balaban J connectivity index is 2.30. The number of nitrogens with zero attached hydrogens (tertiary/aromatic N) is 2. The maximum Gasteiger partial charge on any atom is 0.407 e. The first-order chi connectivity index (χ1) is 10.3. The van der Waals surface area contributed by atoms with Gasteiger partial charge in [-0.15, -0.1) is 0 Å². The largest absolute Gasteiger partial charge is 0.465 e. The van der Waals surface area contributed by atoms with Crippen LogP contribution in [-0.4, -0.2) is 60.0 Å². The van der Waals surface area contributed by atoms with E-state index in [9.17, 15) is 14.4 Å². The van der Waals surface area contributed by atoms with Crippen LogP contribution in [0.3, 0.4) is 0 Å². The minimum absolute atomic E-state index is 0.0197. The van der Waals surface area contributed by atoms with Crippen molar-refractivity contribution >= 4 is 17.9 Å². The molecule has 0 spiro atoms. The number of carbonyl (C=O) groups excluding carboxylic acids is 2. The van der Waals surface area contributed by atoms with Crippen molar-refractivity contribution in [2.75, 3.05) is 27.2 Å². The van der Waals surface area contributed by atoms with Gasteiger partial charge in [-0.1, -0.05) is 0 Å². The van der Waals surface area contributed by atoms with E-state index in [0.29, 0.717) is 19.0 Å². The van der Waals surface area contributed by atoms with Gasteiger partial charge in [-0.2, -0.15) is 0 Å². The van der Waals surface area contributed by atoms with Crippen molar-refractivity contribution in [3.63, 3.8) is 0 Å². The van der Waals surface area contributed by atoms with Crippen LogP contribution < -0.4 is 5.73 Å². The Bertz CT molecular complexity index is 406. The van der Waals surface area contributed by atoms with Crippen molar-refractivity contribution < 1.29 is 19.5 Å². The summed E-state index contributed by atoms with van der Waals surface area (Å²) in [4.78, 5) is 36.7. The minimum Gasteiger partial charge on any atom is -0.465 e. The number of amides is 3. The fraction of sp³-hybridized carbons (Fsp3) is 0.800. The van der Waals surface area contributed by atoms with Gasteiger partial charge in [0.05, 0.1) is 0 Å². The highest BCUT2D eigenvalue weighted by molar-refractivity contribution is 5.80. The van der Waals surface area contributed by atoms with Gasteiger partial charge in [0, 0.05) is 39.5 Å². The van der Waals surface area contributed by atoms with Crippen LogP contribution in [0, 0.1) is 11.8 Å². The molecule has 22 heavy (non-hydrogen) atoms. The zero-order chi connectivity index (χ0) is 16.7. The summed E-state index contributed by atoms with van der Waals surface area (Å²) in [6.07, 6.45) is 3.71. The third-order valence-corrected chi connectivity index (χ3v) is 4.47. The highest BCUT2D eigenvalue weighted by atomic mass is 16.4. The van der Waals surface area contributed by atoms with E-state index in [4.69, 9.17) is 10.8 Å². The molecule has 0 aromatic carbocycles. The molecule has 1 aliphatic carbocycles. The molecule has 0 aromatic rings. The van der Waals surface area contributed by atoms with Gasteiger partial charge in [0.1, 0.15) is 0 Å². The molecule has 1 saturated carbocycles. The first-order valence-electron chi connectivity index (χ1n) is 7.78. The van der Waals surface area contributed by atoms with E-state index >= 15 is 0 Å². The third kappa shape index (κ3) is 5.91. The molecule has 0 atom stereocenters. The summed E-state index contributed by atoms with van der Waals surface area (Å²) in [5.74, 6) is 0.196. The Morgan fingerprint density at radius 1 is 1.05 bits per heavy atom. The minimum atomic E-state index is -0.903. The van der Waals surface area contributed by atoms with Gasteiger partial charge >= 0.3 is 6.09 Å². The molecule has 0 radical (unpaired) electrons. The van der Waals surface area contributed by atoms with E-state index in [-0.39, 0.29) is 18.2 Å². The molecule has 0 heterocycles. The van der Waals surface area contributed by atoms with Gasteiger partial charge in [0.25, 0.3) is 0 Å². The smallest absolute Gasteiger partial charge is 0.407 e. The lowest BCUT2D eigenvalue weighted by molar-refractivity contribution is -0.135. The molecular formula is C15H27N3O4. The Kier molecular flexibility index (Phi) is 7.14. The number of hydrogen-bond donors (Lipinski definition) is 2. The standard InChI is InChI=1S/C15H27N3O4/c1-17(10-8-13(16)19)14(20)12-5-3-11(4-6-12)7-9-18(2)15(21)22/h11-12H,3-10H2,1-2H3,(H2,16,19)(H,21,22). The van der Waals surface area contributed by atoms with E-state index in [1.54, 1.807) is 19.0 Å². The fourth-order valence-electron chi connectivity index (χ4n) is 2.87. The van der Waals surface area contributed by atoms with Crippen molar-refractivity contribution in [3.05, 3.63) is 0 Å². The first kappa shape index (κ1) is 18.3. The Labute approximate surface area is 131 Å². The van der Waals surface area contributed by atoms with Gasteiger partial charge in [0.2, 0.25) is 11.8 Å². The summed E-state index contributed by atoms with van der Waals surface area (Å²) in [6.45, 7) is 0.911. The molecule has 0 saturated heterocycles. The second kappa shape index (κ2) is 8.60. The number of primary amides is 1. The maximum absolute atomic E-state index is 12.3. The molecule has 0 unspecified atom stereocenters. The van der Waals surface area contributed by atoms with Gasteiger partial charge in [-0.05, 0) is 38.0 Å². The van der Waals surface area contributed by atoms with Crippen molar-refractivity contribution in [3.8, 4) is 0 Å². The quantitative estimate of drug-likeness (QED) is 0.735. The van der Waals surface area contributed by atoms with Crippen LogP contribution in [0.15, 0.2) is 0 Å². The monoisotopic (exact) mass is 313 g/mol. The van der Waals surface area contributed by atoms with Crippen LogP contribution in [0.1, 0.15) is 38.5 Å². The summed E-state index contributed by atoms with van der Waals surface area (Å²) in [6, 6.07) is 0. The highest BCUT2D eigenvalue weighted by Gasteiger charge is 2.28. The molecule has 0 aliphatic heterocycles. The maximum atomic E-state index is 12.3. The second-order valence-electron chi connectivity index (χ2n) is 6.19. The van der Waals surface area contributed by atoms with Crippen molar-refractivity contribution in [1.29, 1.82) is 0 Å². The average Bonchev–Trinajstić information content (AvgIpc) is 2.49. The van der Waals surface area contributed by atoms with Crippen LogP contribution in [0.2, 0.25) is 0 Å². The summed E-state index contributed by atoms with van der Waals surface area (Å²) in [5, 5.41) is 8.82. The van der Waals surface area contributed by atoms with Gasteiger partial charge in [0.15, 0.2) is 0 Å². The lowest BCUT2D eigenvalue weighted by atomic mass is 9.80. The third-order valence-electron chi connectivity index (χ3n) is 4.47. The van der Waals surface area contributed by atoms with E-state index in [2.05, 4.69) is 0 Å². The zero-order valence-corrected chi connectivity index (χ0v) is 13.5. The van der Waals surface area contributed by atoms with Crippen molar-refractivity contribution in [2.24, 2.45) is 17.6 Å². The van der Waals surface area contributed by atoms with Gasteiger partial charge in [-0.25, -0.2) is 4.79 Å². The van der Waals surface area contributed by atoms with E-state index < -0.39 is 12.0 Å². The molecule has 0 bridgehead atoms. The van der Waals surface area contributed by atoms with Crippen LogP contribution in [0.4, 0.5) is 4.79 Å². The Morgan fingerprint density at radius 3 is 2.14 bits per heavy atom. The summed E-state index contributed by atoms with van der Waals surface area (Å²) < 4.78 is 0. The fourth-order valence-corrected chi connectivity index (χ4v) is 2.87. The predicted molar refractivity (Wildman–Crippen MR) is 82.2 cm³/mol. The average molecular weight is 313 g/mol. The van der Waals surface area contributed by atoms with Crippen LogP contribution in [0.25, 0.3) is 0 Å². The predicted octanol–water partition coefficient (Wildman–Crippen LogP) is 1.13. The first-order valence-corrected chi connectivity index (χ1v) is 7.78. The van der Waals surface area contributed by atoms with Crippen LogP contribution in [-0.2, 0) is 9.59 Å². The van der Waals surface area contributed by atoms with Gasteiger partial charge in [-0.3, -0.25) is 9.59 Å². The molecular weight excluding hydrogens is 286 g/mol. The Morgan fingerprint density at radius 2 is 1.64 bits per heavy atom. The Hall–Kier alpha value is -1.79. The molecule has 0 aromatic heterocycles. The summed E-state index contributed by atoms with van der Waals surface area (Å²) in [5.41, 5.74) is 5.09. The lowest BCUT2D eigenvalue weighted by Crippen LogP contribution is -2.37. The molecule has 3 amide bonds. The number of carboxylic acid groups (broad SMARTS) is 1. The summed E-state index contributed by atoms with van der Waals surface area (Å²) in [7, 11) is 3.28. The zero-order valence-electron chi connectivity index (χ0n) is 13.5. The van der Waals surface area contributed by atoms with E-state index in [0.717, 1.165) is 32.1 Å². The molecule has 3 N–H and O–H groups in total. The van der Waals surface area contributed by atoms with Crippen LogP contribution in [0.5, 0.6) is 0 Å². The number of hydrogen-bond acceptors (Lipinski definition) is 3. The van der Waals surface area contributed by atoms with E-state index in [1.165, 1.54) is 4.90 Å². The highest BCUT2D eigenvalue weighted by Crippen LogP contribution is 2.31. The molecule has 1 fully saturated rings. The molecule has 1 aliphatic rings. The molecule has 7 nitrogen and oxygen atoms in total. The van der Waals surface area contributed by atoms with Crippen molar-refractivity contribution in [1.82, 2.24) is 9.80 Å². The van der Waals surface area contributed by atoms with E-state index in [1.807, 2.05) is 0 Å². The second-order valence-corrected chi connectivity index (χ2v) is 6.19. The van der Waals surface area contributed by atoms with Crippen LogP contribution >= 0.6 is 0 Å². The number of rotatable bonds is 7. The normalized spacial score (nSPS) is 21.2. The number of nitrogens with two attached hydrogens (primary N) is 1. The molecule has 1 rings (SSSR count). The topological polar surface area (TPSA) is 104 Å². The molecule has 126 valence electrons. The summed E-state index contributed by atoms with van der Waals surface area (Å²) >= 11 is 0. The number of carbonyl (C=O) groups is 3. The lowest BCUT2D eigenvalue weighted by Gasteiger charge is -2.31.